The van der Waals surface area contributed by atoms with Crippen molar-refractivity contribution in [2.24, 2.45) is 5.73 Å². The highest BCUT2D eigenvalue weighted by Gasteiger charge is 2.29. The van der Waals surface area contributed by atoms with Gasteiger partial charge in [0.25, 0.3) is 0 Å². The first-order valence-corrected chi connectivity index (χ1v) is 10.7. The van der Waals surface area contributed by atoms with Gasteiger partial charge in [-0.25, -0.2) is 0 Å². The van der Waals surface area contributed by atoms with E-state index >= 15 is 0 Å². The monoisotopic (exact) mass is 399 g/mol. The zero-order valence-corrected chi connectivity index (χ0v) is 17.1. The molecule has 1 fully saturated rings. The number of β-amino-alcohol motifs (C(OH)–C–C–N with tert-alkyl or cyclic N) is 1. The molecule has 2 atom stereocenters. The molecule has 0 bridgehead atoms. The van der Waals surface area contributed by atoms with E-state index in [2.05, 4.69) is 41.0 Å². The van der Waals surface area contributed by atoms with E-state index in [1.807, 2.05) is 30.3 Å². The number of piperazine rings is 1. The first kappa shape index (κ1) is 20.9. The van der Waals surface area contributed by atoms with E-state index in [0.29, 0.717) is 12.3 Å². The summed E-state index contributed by atoms with van der Waals surface area (Å²) >= 11 is 1.68. The number of carbonyl (C=O) groups excluding carboxylic acids is 1. The van der Waals surface area contributed by atoms with Gasteiger partial charge in [-0.15, -0.1) is 11.8 Å². The lowest BCUT2D eigenvalue weighted by atomic mass is 10.0. The first-order chi connectivity index (χ1) is 13.5. The van der Waals surface area contributed by atoms with Gasteiger partial charge in [-0.3, -0.25) is 14.6 Å². The van der Waals surface area contributed by atoms with Gasteiger partial charge in [-0.05, 0) is 24.6 Å². The summed E-state index contributed by atoms with van der Waals surface area (Å²) in [6, 6.07) is 17.7. The number of nitrogens with zero attached hydrogens (tertiary/aromatic N) is 2. The molecule has 1 amide bonds. The van der Waals surface area contributed by atoms with Crippen molar-refractivity contribution in [2.75, 3.05) is 38.5 Å². The quantitative estimate of drug-likeness (QED) is 0.667. The van der Waals surface area contributed by atoms with Crippen molar-refractivity contribution < 1.29 is 9.90 Å². The Kier molecular flexibility index (Phi) is 7.50. The second kappa shape index (κ2) is 10.1. The van der Waals surface area contributed by atoms with Crippen molar-refractivity contribution in [1.82, 2.24) is 9.80 Å². The Morgan fingerprint density at radius 3 is 2.32 bits per heavy atom. The zero-order valence-electron chi connectivity index (χ0n) is 16.3. The van der Waals surface area contributed by atoms with Crippen molar-refractivity contribution in [1.29, 1.82) is 0 Å². The lowest BCUT2D eigenvalue weighted by molar-refractivity contribution is -0.124. The minimum absolute atomic E-state index is 0.311. The smallest absolute Gasteiger partial charge is 0.239 e. The van der Waals surface area contributed by atoms with Crippen LogP contribution in [0.1, 0.15) is 17.2 Å². The van der Waals surface area contributed by atoms with Gasteiger partial charge in [0.05, 0.1) is 6.10 Å². The minimum Gasteiger partial charge on any atom is -0.391 e. The van der Waals surface area contributed by atoms with Gasteiger partial charge in [0.15, 0.2) is 0 Å². The van der Waals surface area contributed by atoms with Crippen LogP contribution in [-0.4, -0.2) is 65.4 Å². The molecule has 1 saturated heterocycles. The Morgan fingerprint density at radius 1 is 1.07 bits per heavy atom. The Balaban J connectivity index is 1.46. The number of primary amides is 1. The van der Waals surface area contributed by atoms with E-state index in [1.54, 1.807) is 11.8 Å². The Labute approximate surface area is 171 Å². The molecule has 2 aromatic rings. The molecule has 5 nitrogen and oxygen atoms in total. The number of aryl methyl sites for hydroxylation is 1. The summed E-state index contributed by atoms with van der Waals surface area (Å²) in [5.74, 6) is 0.367. The van der Waals surface area contributed by atoms with Gasteiger partial charge in [-0.2, -0.15) is 0 Å². The van der Waals surface area contributed by atoms with Crippen LogP contribution in [-0.2, 0) is 4.79 Å². The lowest BCUT2D eigenvalue weighted by Crippen LogP contribution is -2.51. The average molecular weight is 400 g/mol. The molecule has 1 aliphatic heterocycles. The molecular weight excluding hydrogens is 370 g/mol. The van der Waals surface area contributed by atoms with Crippen LogP contribution in [0.5, 0.6) is 0 Å². The van der Waals surface area contributed by atoms with E-state index in [9.17, 15) is 9.90 Å². The number of rotatable bonds is 8. The Bertz CT molecular complexity index is 746. The fourth-order valence-corrected chi connectivity index (χ4v) is 4.39. The summed E-state index contributed by atoms with van der Waals surface area (Å²) in [6.45, 7) is 5.90. The third kappa shape index (κ3) is 5.82. The van der Waals surface area contributed by atoms with Crippen LogP contribution in [0.4, 0.5) is 0 Å². The highest BCUT2D eigenvalue weighted by molar-refractivity contribution is 7.99. The molecular formula is C22H29N3O2S. The Morgan fingerprint density at radius 2 is 1.71 bits per heavy atom. The maximum Gasteiger partial charge on any atom is 0.239 e. The van der Waals surface area contributed by atoms with Crippen molar-refractivity contribution in [3.05, 3.63) is 65.7 Å². The zero-order chi connectivity index (χ0) is 19.9. The van der Waals surface area contributed by atoms with Crippen LogP contribution < -0.4 is 5.73 Å². The summed E-state index contributed by atoms with van der Waals surface area (Å²) in [5, 5.41) is 10.4. The fourth-order valence-electron chi connectivity index (χ4n) is 3.57. The molecule has 0 saturated carbocycles. The van der Waals surface area contributed by atoms with Crippen molar-refractivity contribution in [3.8, 4) is 0 Å². The lowest BCUT2D eigenvalue weighted by Gasteiger charge is -2.38. The van der Waals surface area contributed by atoms with Crippen LogP contribution in [0.3, 0.4) is 0 Å². The van der Waals surface area contributed by atoms with Crippen LogP contribution in [0, 0.1) is 6.92 Å². The molecule has 150 valence electrons. The molecule has 3 rings (SSSR count). The topological polar surface area (TPSA) is 69.8 Å². The number of thioether (sulfide) groups is 1. The summed E-state index contributed by atoms with van der Waals surface area (Å²) in [5.41, 5.74) is 7.87. The number of benzene rings is 2. The second-order valence-corrected chi connectivity index (χ2v) is 8.42. The van der Waals surface area contributed by atoms with Crippen LogP contribution in [0.25, 0.3) is 0 Å². The van der Waals surface area contributed by atoms with E-state index in [-0.39, 0.29) is 18.1 Å². The van der Waals surface area contributed by atoms with Gasteiger partial charge < -0.3 is 10.8 Å². The molecule has 28 heavy (non-hydrogen) atoms. The number of carbonyl (C=O) groups is 1. The van der Waals surface area contributed by atoms with Crippen molar-refractivity contribution in [2.45, 2.75) is 24.0 Å². The molecule has 0 aromatic heterocycles. The van der Waals surface area contributed by atoms with Crippen molar-refractivity contribution in [3.63, 3.8) is 0 Å². The van der Waals surface area contributed by atoms with Gasteiger partial charge >= 0.3 is 0 Å². The molecule has 0 aliphatic carbocycles. The van der Waals surface area contributed by atoms with Gasteiger partial charge in [0.2, 0.25) is 5.91 Å². The minimum atomic E-state index is -0.384. The third-order valence-corrected chi connectivity index (χ3v) is 6.25. The molecule has 0 spiro atoms. The molecule has 2 aromatic carbocycles. The largest absolute Gasteiger partial charge is 0.391 e. The average Bonchev–Trinajstić information content (AvgIpc) is 2.70. The van der Waals surface area contributed by atoms with E-state index in [4.69, 9.17) is 5.73 Å². The van der Waals surface area contributed by atoms with E-state index < -0.39 is 0 Å². The number of hydrogen-bond acceptors (Lipinski definition) is 5. The van der Waals surface area contributed by atoms with Gasteiger partial charge in [0, 0.05) is 43.4 Å². The maximum absolute atomic E-state index is 12.0. The SMILES string of the molecule is Cc1ccc(SCC(O)CN2CCN(C(C(N)=O)c3ccccc3)CC2)cc1. The molecule has 1 heterocycles. The maximum atomic E-state index is 12.0. The van der Waals surface area contributed by atoms with Crippen LogP contribution >= 0.6 is 11.8 Å². The standard InChI is InChI=1S/C22H29N3O2S/c1-17-7-9-20(10-8-17)28-16-19(26)15-24-11-13-25(14-12-24)21(22(23)27)18-5-3-2-4-6-18/h2-10,19,21,26H,11-16H2,1H3,(H2,23,27). The highest BCUT2D eigenvalue weighted by Crippen LogP contribution is 2.23. The highest BCUT2D eigenvalue weighted by atomic mass is 32.2. The van der Waals surface area contributed by atoms with Crippen LogP contribution in [0.2, 0.25) is 0 Å². The predicted molar refractivity (Wildman–Crippen MR) is 114 cm³/mol. The summed E-state index contributed by atoms with van der Waals surface area (Å²) in [6.07, 6.45) is -0.376. The van der Waals surface area contributed by atoms with Gasteiger partial charge in [-0.1, -0.05) is 48.0 Å². The number of hydrogen-bond donors (Lipinski definition) is 2. The number of aliphatic hydroxyl groups is 1. The number of aliphatic hydroxyl groups excluding tert-OH is 1. The Hall–Kier alpha value is -1.86. The molecule has 1 aliphatic rings. The summed E-state index contributed by atoms with van der Waals surface area (Å²) in [4.78, 5) is 17.6. The van der Waals surface area contributed by atoms with Crippen LogP contribution in [0.15, 0.2) is 59.5 Å². The molecule has 2 unspecified atom stereocenters. The predicted octanol–water partition coefficient (Wildman–Crippen LogP) is 2.29. The van der Waals surface area contributed by atoms with Crippen molar-refractivity contribution >= 4 is 17.7 Å². The number of nitrogens with two attached hydrogens (primary N) is 1. The number of amides is 1. The molecule has 0 radical (unpaired) electrons. The normalized spacial score (nSPS) is 17.9. The summed E-state index contributed by atoms with van der Waals surface area (Å²) < 4.78 is 0. The molecule has 3 N–H and O–H groups in total. The first-order valence-electron chi connectivity index (χ1n) is 9.71. The van der Waals surface area contributed by atoms with Gasteiger partial charge in [0.1, 0.15) is 6.04 Å². The van der Waals surface area contributed by atoms with E-state index in [1.165, 1.54) is 10.5 Å². The van der Waals surface area contributed by atoms with E-state index in [0.717, 1.165) is 31.7 Å². The molecule has 6 heteroatoms. The summed E-state index contributed by atoms with van der Waals surface area (Å²) in [7, 11) is 0. The fraction of sp³-hybridized carbons (Fsp3) is 0.409. The second-order valence-electron chi connectivity index (χ2n) is 7.33. The third-order valence-electron chi connectivity index (χ3n) is 5.09.